The van der Waals surface area contributed by atoms with Gasteiger partial charge in [0.25, 0.3) is 18.2 Å². The predicted octanol–water partition coefficient (Wildman–Crippen LogP) is 4.55. The smallest absolute Gasteiger partial charge is 0.486 e. The number of carbonyl (C=O) groups is 3. The summed E-state index contributed by atoms with van der Waals surface area (Å²) in [4.78, 5) is 40.5. The molecule has 2 saturated heterocycles. The number of nitrogens with one attached hydrogen (secondary N) is 2. The summed E-state index contributed by atoms with van der Waals surface area (Å²) < 4.78 is 75.0. The first-order valence-corrected chi connectivity index (χ1v) is 14.3. The van der Waals surface area contributed by atoms with E-state index in [2.05, 4.69) is 10.6 Å². The Morgan fingerprint density at radius 1 is 1.05 bits per heavy atom. The quantitative estimate of drug-likeness (QED) is 0.299. The molecule has 0 radical (unpaired) electrons. The van der Waals surface area contributed by atoms with E-state index in [0.29, 0.717) is 36.5 Å². The molecule has 0 aromatic heterocycles. The SMILES string of the molecule is CNC(=O)c1cc(Cl)c(OCC(F)F)cc1N1C[C@H](NC2CCN(C(=O)c3ccc(Cl)cc3)CC2)[C@@H](OC(=O)C(F)(F)F)C1. The minimum Gasteiger partial charge on any atom is -0.486 e. The first kappa shape index (κ1) is 33.5. The number of anilines is 1. The van der Waals surface area contributed by atoms with Crippen LogP contribution in [-0.2, 0) is 9.53 Å². The Labute approximate surface area is 259 Å². The second-order valence-corrected chi connectivity index (χ2v) is 11.1. The molecule has 0 bridgehead atoms. The Hall–Kier alpha value is -3.36. The van der Waals surface area contributed by atoms with Crippen LogP contribution in [0.5, 0.6) is 5.75 Å². The molecule has 2 aliphatic rings. The number of rotatable bonds is 9. The maximum atomic E-state index is 13.2. The molecule has 44 heavy (non-hydrogen) atoms. The number of likely N-dealkylation sites (tertiary alicyclic amines) is 1. The topological polar surface area (TPSA) is 100 Å². The highest BCUT2D eigenvalue weighted by molar-refractivity contribution is 6.32. The molecule has 2 amide bonds. The van der Waals surface area contributed by atoms with Crippen LogP contribution in [0, 0.1) is 0 Å². The van der Waals surface area contributed by atoms with Gasteiger partial charge in [-0.2, -0.15) is 13.2 Å². The molecular weight excluding hydrogens is 638 g/mol. The normalized spacial score (nSPS) is 19.3. The van der Waals surface area contributed by atoms with Crippen LogP contribution in [-0.4, -0.2) is 93.3 Å². The fourth-order valence-corrected chi connectivity index (χ4v) is 5.51. The standard InChI is InChI=1S/C28H29Cl2F5N4O5/c1-36-25(40)18-10-19(30)22(43-14-24(31)32)11-21(18)39-12-20(23(13-39)44-27(42)28(33,34)35)37-17-6-8-38(9-7-17)26(41)15-2-4-16(29)5-3-15/h2-5,10-11,17,20,23-24,37H,6-9,12-14H2,1H3,(H,36,40)/t20-,23-/m0/s1. The Bertz CT molecular complexity index is 1360. The molecule has 0 saturated carbocycles. The zero-order valence-corrected chi connectivity index (χ0v) is 24.8. The van der Waals surface area contributed by atoms with E-state index in [4.69, 9.17) is 32.7 Å². The molecule has 2 atom stereocenters. The average molecular weight is 667 g/mol. The first-order chi connectivity index (χ1) is 20.8. The molecule has 0 spiro atoms. The highest BCUT2D eigenvalue weighted by Crippen LogP contribution is 2.36. The van der Waals surface area contributed by atoms with Gasteiger partial charge in [-0.15, -0.1) is 0 Å². The summed E-state index contributed by atoms with van der Waals surface area (Å²) >= 11 is 12.1. The second kappa shape index (κ2) is 14.2. The zero-order chi connectivity index (χ0) is 32.2. The van der Waals surface area contributed by atoms with E-state index in [0.717, 1.165) is 0 Å². The van der Waals surface area contributed by atoms with Crippen LogP contribution in [0.3, 0.4) is 0 Å². The van der Waals surface area contributed by atoms with Crippen molar-refractivity contribution < 1.29 is 45.8 Å². The number of alkyl halides is 5. The fourth-order valence-electron chi connectivity index (χ4n) is 5.17. The van der Waals surface area contributed by atoms with Crippen LogP contribution in [0.1, 0.15) is 33.6 Å². The summed E-state index contributed by atoms with van der Waals surface area (Å²) in [7, 11) is 1.35. The van der Waals surface area contributed by atoms with Crippen LogP contribution in [0.15, 0.2) is 36.4 Å². The van der Waals surface area contributed by atoms with Crippen LogP contribution in [0.25, 0.3) is 0 Å². The molecule has 2 aliphatic heterocycles. The zero-order valence-electron chi connectivity index (χ0n) is 23.3. The van der Waals surface area contributed by atoms with E-state index >= 15 is 0 Å². The molecule has 9 nitrogen and oxygen atoms in total. The van der Waals surface area contributed by atoms with Gasteiger partial charge < -0.3 is 29.9 Å². The largest absolute Gasteiger partial charge is 0.490 e. The van der Waals surface area contributed by atoms with Gasteiger partial charge in [0.2, 0.25) is 0 Å². The van der Waals surface area contributed by atoms with E-state index in [1.54, 1.807) is 29.2 Å². The summed E-state index contributed by atoms with van der Waals surface area (Å²) in [5.41, 5.74) is 0.620. The van der Waals surface area contributed by atoms with Gasteiger partial charge in [0.1, 0.15) is 18.5 Å². The number of benzene rings is 2. The van der Waals surface area contributed by atoms with Crippen molar-refractivity contribution in [1.82, 2.24) is 15.5 Å². The monoisotopic (exact) mass is 666 g/mol. The third-order valence-corrected chi connectivity index (χ3v) is 7.85. The van der Waals surface area contributed by atoms with E-state index in [-0.39, 0.29) is 47.1 Å². The van der Waals surface area contributed by atoms with Gasteiger partial charge in [-0.1, -0.05) is 23.2 Å². The van der Waals surface area contributed by atoms with E-state index < -0.39 is 43.2 Å². The number of ether oxygens (including phenoxy) is 2. The van der Waals surface area contributed by atoms with E-state index in [1.165, 1.54) is 24.1 Å². The number of nitrogens with zero attached hydrogens (tertiary/aromatic N) is 2. The number of carbonyl (C=O) groups excluding carboxylic acids is 3. The summed E-state index contributed by atoms with van der Waals surface area (Å²) in [6.07, 6.45) is -8.42. The van der Waals surface area contributed by atoms with Gasteiger partial charge in [0, 0.05) is 49.4 Å². The van der Waals surface area contributed by atoms with Crippen molar-refractivity contribution in [3.05, 3.63) is 57.6 Å². The number of esters is 1. The molecular formula is C28H29Cl2F5N4O5. The Morgan fingerprint density at radius 2 is 1.70 bits per heavy atom. The van der Waals surface area contributed by atoms with Gasteiger partial charge in [-0.3, -0.25) is 9.59 Å². The second-order valence-electron chi connectivity index (χ2n) is 10.3. The maximum absolute atomic E-state index is 13.2. The molecule has 2 aromatic rings. The summed E-state index contributed by atoms with van der Waals surface area (Å²) in [6.45, 7) is -0.516. The van der Waals surface area contributed by atoms with Gasteiger partial charge in [0.15, 0.2) is 0 Å². The maximum Gasteiger partial charge on any atom is 0.490 e. The lowest BCUT2D eigenvalue weighted by Gasteiger charge is -2.34. The van der Waals surface area contributed by atoms with Gasteiger partial charge in [-0.25, -0.2) is 13.6 Å². The summed E-state index contributed by atoms with van der Waals surface area (Å²) in [6, 6.07) is 7.87. The molecule has 2 aromatic carbocycles. The molecule has 0 aliphatic carbocycles. The Morgan fingerprint density at radius 3 is 2.30 bits per heavy atom. The molecule has 2 heterocycles. The molecule has 2 N–H and O–H groups in total. The van der Waals surface area contributed by atoms with Crippen molar-refractivity contribution in [2.45, 2.75) is 43.6 Å². The minimum atomic E-state index is -5.24. The number of piperidine rings is 1. The van der Waals surface area contributed by atoms with Gasteiger partial charge >= 0.3 is 12.1 Å². The van der Waals surface area contributed by atoms with Crippen molar-refractivity contribution in [3.8, 4) is 5.75 Å². The Balaban J connectivity index is 1.53. The third-order valence-electron chi connectivity index (χ3n) is 7.31. The van der Waals surface area contributed by atoms with Crippen molar-refractivity contribution >= 4 is 46.7 Å². The fraction of sp³-hybridized carbons (Fsp3) is 0.464. The number of hydrogen-bond acceptors (Lipinski definition) is 7. The third kappa shape index (κ3) is 8.21. The molecule has 2 fully saturated rings. The molecule has 4 rings (SSSR count). The van der Waals surface area contributed by atoms with Gasteiger partial charge in [0.05, 0.1) is 28.9 Å². The van der Waals surface area contributed by atoms with Gasteiger partial charge in [-0.05, 0) is 43.2 Å². The lowest BCUT2D eigenvalue weighted by Crippen LogP contribution is -2.52. The molecule has 240 valence electrons. The molecule has 0 unspecified atom stereocenters. The van der Waals surface area contributed by atoms with Crippen LogP contribution in [0.4, 0.5) is 27.6 Å². The Kier molecular flexibility index (Phi) is 10.8. The lowest BCUT2D eigenvalue weighted by atomic mass is 10.0. The van der Waals surface area contributed by atoms with Crippen molar-refractivity contribution in [2.75, 3.05) is 44.7 Å². The number of hydrogen-bond donors (Lipinski definition) is 2. The van der Waals surface area contributed by atoms with Crippen LogP contribution < -0.4 is 20.3 Å². The van der Waals surface area contributed by atoms with Crippen molar-refractivity contribution in [1.29, 1.82) is 0 Å². The molecule has 16 heteroatoms. The van der Waals surface area contributed by atoms with E-state index in [1.807, 2.05) is 0 Å². The van der Waals surface area contributed by atoms with E-state index in [9.17, 15) is 36.3 Å². The minimum absolute atomic E-state index is 0.0115. The van der Waals surface area contributed by atoms with Crippen molar-refractivity contribution in [2.24, 2.45) is 0 Å². The summed E-state index contributed by atoms with van der Waals surface area (Å²) in [5, 5.41) is 6.07. The highest BCUT2D eigenvalue weighted by Gasteiger charge is 2.46. The predicted molar refractivity (Wildman–Crippen MR) is 152 cm³/mol. The lowest BCUT2D eigenvalue weighted by molar-refractivity contribution is -0.204. The van der Waals surface area contributed by atoms with Crippen LogP contribution in [0.2, 0.25) is 10.0 Å². The number of halogens is 7. The average Bonchev–Trinajstić information content (AvgIpc) is 3.37. The van der Waals surface area contributed by atoms with Crippen molar-refractivity contribution in [3.63, 3.8) is 0 Å². The first-order valence-electron chi connectivity index (χ1n) is 13.6. The number of amides is 2. The van der Waals surface area contributed by atoms with Crippen LogP contribution >= 0.6 is 23.2 Å². The highest BCUT2D eigenvalue weighted by atomic mass is 35.5. The summed E-state index contributed by atoms with van der Waals surface area (Å²) in [5.74, 6) is -3.31.